The Hall–Kier alpha value is -8.35. The molecule has 0 saturated carbocycles. The van der Waals surface area contributed by atoms with Crippen LogP contribution < -0.4 is 5.32 Å². The zero-order valence-corrected chi connectivity index (χ0v) is 41.7. The molecule has 0 radical (unpaired) electrons. The summed E-state index contributed by atoms with van der Waals surface area (Å²) in [6.45, 7) is 0.444. The smallest absolute Gasteiger partial charge is 0.337 e. The molecule has 0 aliphatic rings. The van der Waals surface area contributed by atoms with E-state index in [1.165, 1.54) is 69.7 Å². The highest BCUT2D eigenvalue weighted by atomic mass is 35.5. The number of esters is 4. The highest BCUT2D eigenvalue weighted by molar-refractivity contribution is 6.68. The van der Waals surface area contributed by atoms with E-state index in [1.54, 1.807) is 67.0 Å². The van der Waals surface area contributed by atoms with Crippen LogP contribution in [-0.2, 0) is 54.5 Å². The quantitative estimate of drug-likeness (QED) is 0.0210. The molecule has 0 aliphatic carbocycles. The van der Waals surface area contributed by atoms with Gasteiger partial charge < -0.3 is 23.8 Å². The third kappa shape index (κ3) is 17.8. The fourth-order valence-corrected chi connectivity index (χ4v) is 7.05. The van der Waals surface area contributed by atoms with Crippen molar-refractivity contribution in [3.8, 4) is 0 Å². The van der Waals surface area contributed by atoms with Gasteiger partial charge in [0.2, 0.25) is 0 Å². The molecule has 6 rings (SSSR count). The van der Waals surface area contributed by atoms with E-state index in [9.17, 15) is 28.8 Å². The van der Waals surface area contributed by atoms with Crippen LogP contribution in [0.5, 0.6) is 0 Å². The molecule has 73 heavy (non-hydrogen) atoms. The fourth-order valence-electron chi connectivity index (χ4n) is 6.56. The Balaban J connectivity index is 0.000000267. The lowest BCUT2D eigenvalue weighted by Gasteiger charge is -2.30. The molecule has 6 aromatic rings. The predicted octanol–water partition coefficient (Wildman–Crippen LogP) is 10.3. The van der Waals surface area contributed by atoms with Crippen molar-refractivity contribution < 1.29 is 47.7 Å². The Morgan fingerprint density at radius 3 is 1.55 bits per heavy atom. The van der Waals surface area contributed by atoms with E-state index >= 15 is 0 Å². The molecule has 376 valence electrons. The number of methoxy groups -OCH3 is 4. The summed E-state index contributed by atoms with van der Waals surface area (Å²) in [5, 5.41) is 10.0. The SMILES string of the molecule is COC(=O)c1ccc(CN(C(=O)c2ccc(Cl)cc2N=[N+]=[N-])[C@H](Cc2ccccn2)C(=O)OC)cc1.COC(=O)c1ccc(CN[C@H](Cc2ccccn2)C(=O)OC)cc1.[N-]=[N+]=Nc1cc(Cl)ccc1C(=O)Cl. The monoisotopic (exact) mass is 1050 g/mol. The molecule has 2 atom stereocenters. The molecule has 2 heterocycles. The van der Waals surface area contributed by atoms with Gasteiger partial charge in [-0.05, 0) is 119 Å². The Labute approximate surface area is 433 Å². The molecular weight excluding hydrogens is 1010 g/mol. The molecular formula is C50H45Cl3N10O10. The molecule has 1 N–H and O–H groups in total. The van der Waals surface area contributed by atoms with Crippen molar-refractivity contribution in [1.82, 2.24) is 20.2 Å². The van der Waals surface area contributed by atoms with E-state index in [2.05, 4.69) is 40.1 Å². The van der Waals surface area contributed by atoms with Crippen LogP contribution in [0.2, 0.25) is 10.0 Å². The molecule has 2 aromatic heterocycles. The minimum Gasteiger partial charge on any atom is -0.468 e. The van der Waals surface area contributed by atoms with Gasteiger partial charge in [-0.25, -0.2) is 14.4 Å². The van der Waals surface area contributed by atoms with Crippen molar-refractivity contribution >= 4 is 81.2 Å². The number of amides is 1. The molecule has 0 saturated heterocycles. The molecule has 0 unspecified atom stereocenters. The molecule has 0 aliphatic heterocycles. The average molecular weight is 1050 g/mol. The molecule has 0 spiro atoms. The summed E-state index contributed by atoms with van der Waals surface area (Å²) >= 11 is 16.9. The first-order valence-electron chi connectivity index (χ1n) is 21.4. The molecule has 4 aromatic carbocycles. The van der Waals surface area contributed by atoms with E-state index in [1.807, 2.05) is 30.3 Å². The first-order valence-corrected chi connectivity index (χ1v) is 22.5. The highest BCUT2D eigenvalue weighted by Gasteiger charge is 2.33. The van der Waals surface area contributed by atoms with Crippen LogP contribution in [0.25, 0.3) is 20.9 Å². The summed E-state index contributed by atoms with van der Waals surface area (Å²) in [5.74, 6) is -2.46. The summed E-state index contributed by atoms with van der Waals surface area (Å²) in [6.07, 6.45) is 3.78. The number of rotatable bonds is 18. The van der Waals surface area contributed by atoms with Crippen LogP contribution in [0.4, 0.5) is 11.4 Å². The maximum absolute atomic E-state index is 13.8. The first kappa shape index (κ1) is 57.2. The Morgan fingerprint density at radius 2 is 1.10 bits per heavy atom. The van der Waals surface area contributed by atoms with Gasteiger partial charge in [-0.2, -0.15) is 0 Å². The van der Waals surface area contributed by atoms with Gasteiger partial charge in [0, 0.05) is 80.7 Å². The second-order valence-electron chi connectivity index (χ2n) is 14.8. The van der Waals surface area contributed by atoms with Gasteiger partial charge in [-0.15, -0.1) is 0 Å². The maximum atomic E-state index is 13.8. The number of pyridine rings is 2. The largest absolute Gasteiger partial charge is 0.468 e. The van der Waals surface area contributed by atoms with E-state index in [-0.39, 0.29) is 52.4 Å². The predicted molar refractivity (Wildman–Crippen MR) is 270 cm³/mol. The van der Waals surface area contributed by atoms with E-state index < -0.39 is 35.2 Å². The van der Waals surface area contributed by atoms with Gasteiger partial charge in [-0.3, -0.25) is 29.7 Å². The maximum Gasteiger partial charge on any atom is 0.337 e. The standard InChI is InChI=1S/C25H22ClN5O5.C18H20N2O4.C7H3Cl2N3O/c1-35-24(33)17-8-6-16(7-9-17)15-31(22(25(34)36-2)14-19-5-3-4-12-28-19)23(32)20-11-10-18(26)13-21(20)29-30-27;1-23-17(21)14-8-6-13(7-9-14)12-20-16(18(22)24-2)11-15-5-3-4-10-19-15;8-4-1-2-5(7(9)13)6(3-4)11-12-10/h3-13,22H,14-15H2,1-2H3;3-10,16,20H,11-12H2,1-2H3;1-3H/t22-;16-;/m11./s1. The van der Waals surface area contributed by atoms with Crippen LogP contribution in [0, 0.1) is 0 Å². The number of azide groups is 2. The number of aromatic nitrogens is 2. The second-order valence-corrected chi connectivity index (χ2v) is 16.0. The zero-order chi connectivity index (χ0) is 53.3. The Bertz CT molecular complexity index is 2960. The minimum atomic E-state index is -1.06. The lowest BCUT2D eigenvalue weighted by Crippen LogP contribution is -2.46. The summed E-state index contributed by atoms with van der Waals surface area (Å²) in [5.41, 5.74) is 21.3. The number of nitrogens with zero attached hydrogens (tertiary/aromatic N) is 9. The Kier molecular flexibility index (Phi) is 23.3. The van der Waals surface area contributed by atoms with Crippen LogP contribution in [0.15, 0.2) is 144 Å². The summed E-state index contributed by atoms with van der Waals surface area (Å²) < 4.78 is 19.3. The molecule has 20 nitrogen and oxygen atoms in total. The number of hydrogen-bond acceptors (Lipinski definition) is 15. The lowest BCUT2D eigenvalue weighted by atomic mass is 10.0. The van der Waals surface area contributed by atoms with Crippen molar-refractivity contribution in [1.29, 1.82) is 0 Å². The lowest BCUT2D eigenvalue weighted by molar-refractivity contribution is -0.146. The van der Waals surface area contributed by atoms with Crippen molar-refractivity contribution in [2.45, 2.75) is 38.0 Å². The molecule has 1 amide bonds. The van der Waals surface area contributed by atoms with E-state index in [4.69, 9.17) is 60.1 Å². The summed E-state index contributed by atoms with van der Waals surface area (Å²) in [6, 6.07) is 31.2. The van der Waals surface area contributed by atoms with Crippen LogP contribution in [-0.4, -0.2) is 90.4 Å². The van der Waals surface area contributed by atoms with Crippen molar-refractivity contribution in [2.75, 3.05) is 28.4 Å². The number of nitrogens with one attached hydrogen (secondary N) is 1. The number of carbonyl (C=O) groups excluding carboxylic acids is 6. The number of halogens is 3. The van der Waals surface area contributed by atoms with E-state index in [0.29, 0.717) is 40.4 Å². The normalized spacial score (nSPS) is 10.9. The number of benzene rings is 4. The van der Waals surface area contributed by atoms with E-state index in [0.717, 1.165) is 11.3 Å². The van der Waals surface area contributed by atoms with Gasteiger partial charge in [0.1, 0.15) is 12.1 Å². The van der Waals surface area contributed by atoms with Gasteiger partial charge in [0.25, 0.3) is 11.1 Å². The Morgan fingerprint density at radius 1 is 0.616 bits per heavy atom. The van der Waals surface area contributed by atoms with Crippen LogP contribution in [0.1, 0.15) is 63.9 Å². The van der Waals surface area contributed by atoms with Gasteiger partial charge >= 0.3 is 23.9 Å². The summed E-state index contributed by atoms with van der Waals surface area (Å²) in [4.78, 5) is 87.9. The average Bonchev–Trinajstić information content (AvgIpc) is 3.41. The van der Waals surface area contributed by atoms with Crippen LogP contribution in [0.3, 0.4) is 0 Å². The topological polar surface area (TPSA) is 278 Å². The van der Waals surface area contributed by atoms with Crippen LogP contribution >= 0.6 is 34.8 Å². The summed E-state index contributed by atoms with van der Waals surface area (Å²) in [7, 11) is 5.22. The number of carbonyl (C=O) groups is 6. The zero-order valence-electron chi connectivity index (χ0n) is 39.4. The molecule has 0 fully saturated rings. The van der Waals surface area contributed by atoms with Crippen molar-refractivity contribution in [3.63, 3.8) is 0 Å². The van der Waals surface area contributed by atoms with Gasteiger partial charge in [0.15, 0.2) is 0 Å². The molecule has 0 bridgehead atoms. The third-order valence-corrected chi connectivity index (χ3v) is 10.9. The number of ether oxygens (including phenoxy) is 4. The van der Waals surface area contributed by atoms with Gasteiger partial charge in [-0.1, -0.05) is 69.8 Å². The van der Waals surface area contributed by atoms with Crippen molar-refractivity contribution in [2.24, 2.45) is 10.2 Å². The highest BCUT2D eigenvalue weighted by Crippen LogP contribution is 2.28. The van der Waals surface area contributed by atoms with Crippen molar-refractivity contribution in [3.05, 3.63) is 209 Å². The van der Waals surface area contributed by atoms with Gasteiger partial charge in [0.05, 0.1) is 50.9 Å². The first-order chi connectivity index (χ1) is 35.2. The second kappa shape index (κ2) is 29.7. The fraction of sp³-hybridized carbons (Fsp3) is 0.200. The third-order valence-electron chi connectivity index (χ3n) is 10.2. The number of hydrogen-bond donors (Lipinski definition) is 1. The minimum absolute atomic E-state index is 0.0162. The molecule has 23 heteroatoms.